The van der Waals surface area contributed by atoms with Crippen molar-refractivity contribution >= 4 is 79.7 Å². The summed E-state index contributed by atoms with van der Waals surface area (Å²) in [4.78, 5) is 29.1. The average molecular weight is 686 g/mol. The molecule has 0 saturated heterocycles. The maximum Gasteiger partial charge on any atom is 0.345 e. The number of benzene rings is 4. The number of halogens is 4. The number of fused-ring (bicyclic) bond motifs is 1. The number of hydrazone groups is 1. The first-order chi connectivity index (χ1) is 20.3. The van der Waals surface area contributed by atoms with E-state index >= 15 is 0 Å². The number of carbonyl (C=O) groups is 2. The van der Waals surface area contributed by atoms with Gasteiger partial charge >= 0.3 is 5.97 Å². The van der Waals surface area contributed by atoms with Crippen LogP contribution in [0.4, 0.5) is 0 Å². The molecular formula is C31H21BrCl3N3O4. The van der Waals surface area contributed by atoms with Crippen LogP contribution < -0.4 is 14.9 Å². The van der Waals surface area contributed by atoms with E-state index in [1.54, 1.807) is 54.6 Å². The van der Waals surface area contributed by atoms with Crippen molar-refractivity contribution in [2.24, 2.45) is 5.10 Å². The quantitative estimate of drug-likeness (QED) is 0.0739. The van der Waals surface area contributed by atoms with Crippen molar-refractivity contribution in [2.45, 2.75) is 6.92 Å². The molecule has 0 fully saturated rings. The van der Waals surface area contributed by atoms with Crippen molar-refractivity contribution < 1.29 is 19.1 Å². The highest BCUT2D eigenvalue weighted by atomic mass is 79.9. The van der Waals surface area contributed by atoms with E-state index in [1.807, 2.05) is 31.2 Å². The fourth-order valence-electron chi connectivity index (χ4n) is 4.29. The molecule has 0 unspecified atom stereocenters. The summed E-state index contributed by atoms with van der Waals surface area (Å²) < 4.78 is 12.0. The summed E-state index contributed by atoms with van der Waals surface area (Å²) in [5.41, 5.74) is 5.47. The van der Waals surface area contributed by atoms with Crippen molar-refractivity contribution in [1.82, 2.24) is 10.4 Å². The number of carbonyl (C=O) groups excluding carboxylic acids is 2. The minimum atomic E-state index is -0.616. The summed E-state index contributed by atoms with van der Waals surface area (Å²) in [6.07, 6.45) is 1.45. The van der Waals surface area contributed by atoms with Gasteiger partial charge in [-0.3, -0.25) is 4.79 Å². The van der Waals surface area contributed by atoms with Gasteiger partial charge < -0.3 is 14.5 Å². The Morgan fingerprint density at radius 1 is 0.929 bits per heavy atom. The summed E-state index contributed by atoms with van der Waals surface area (Å²) in [5.74, 6) is -0.576. The number of amides is 1. The lowest BCUT2D eigenvalue weighted by Gasteiger charge is -2.12. The first-order valence-corrected chi connectivity index (χ1v) is 14.5. The molecule has 11 heteroatoms. The minimum Gasteiger partial charge on any atom is -0.490 e. The fourth-order valence-corrected chi connectivity index (χ4v) is 5.59. The van der Waals surface area contributed by atoms with Gasteiger partial charge in [0.15, 0.2) is 11.5 Å². The van der Waals surface area contributed by atoms with E-state index in [-0.39, 0.29) is 22.0 Å². The number of nitrogens with one attached hydrogen (secondary N) is 2. The lowest BCUT2D eigenvalue weighted by molar-refractivity contribution is 0.0728. The second-order valence-corrected chi connectivity index (χ2v) is 11.0. The highest BCUT2D eigenvalue weighted by Crippen LogP contribution is 2.40. The molecule has 0 bridgehead atoms. The highest BCUT2D eigenvalue weighted by molar-refractivity contribution is 9.10. The summed E-state index contributed by atoms with van der Waals surface area (Å²) >= 11 is 22.6. The maximum atomic E-state index is 13.4. The number of rotatable bonds is 8. The molecule has 2 N–H and O–H groups in total. The van der Waals surface area contributed by atoms with Gasteiger partial charge in [-0.1, -0.05) is 81.1 Å². The third kappa shape index (κ3) is 6.32. The van der Waals surface area contributed by atoms with Crippen LogP contribution >= 0.6 is 50.7 Å². The number of aromatic nitrogens is 1. The van der Waals surface area contributed by atoms with Crippen LogP contribution in [-0.2, 0) is 0 Å². The monoisotopic (exact) mass is 683 g/mol. The molecule has 0 saturated carbocycles. The molecule has 4 aromatic carbocycles. The molecule has 1 amide bonds. The molecule has 5 aromatic rings. The van der Waals surface area contributed by atoms with Gasteiger partial charge in [-0.2, -0.15) is 5.10 Å². The third-order valence-corrected chi connectivity index (χ3v) is 7.55. The van der Waals surface area contributed by atoms with E-state index in [1.165, 1.54) is 6.21 Å². The Morgan fingerprint density at radius 3 is 2.40 bits per heavy atom. The third-order valence-electron chi connectivity index (χ3n) is 6.14. The van der Waals surface area contributed by atoms with Crippen LogP contribution in [0.2, 0.25) is 15.1 Å². The van der Waals surface area contributed by atoms with Crippen molar-refractivity contribution in [3.8, 4) is 22.6 Å². The predicted molar refractivity (Wildman–Crippen MR) is 171 cm³/mol. The Kier molecular flexibility index (Phi) is 9.18. The molecule has 5 rings (SSSR count). The van der Waals surface area contributed by atoms with Gasteiger partial charge in [-0.25, -0.2) is 10.2 Å². The number of hydrogen-bond donors (Lipinski definition) is 2. The smallest absolute Gasteiger partial charge is 0.345 e. The second-order valence-electron chi connectivity index (χ2n) is 8.87. The molecule has 0 aliphatic carbocycles. The average Bonchev–Trinajstić information content (AvgIpc) is 3.34. The van der Waals surface area contributed by atoms with E-state index in [4.69, 9.17) is 44.3 Å². The van der Waals surface area contributed by atoms with Crippen LogP contribution in [-0.4, -0.2) is 29.7 Å². The van der Waals surface area contributed by atoms with Crippen LogP contribution in [0.1, 0.15) is 33.3 Å². The van der Waals surface area contributed by atoms with Crippen LogP contribution in [0.25, 0.3) is 22.0 Å². The van der Waals surface area contributed by atoms with Gasteiger partial charge in [0.2, 0.25) is 0 Å². The van der Waals surface area contributed by atoms with Crippen LogP contribution in [0.15, 0.2) is 88.4 Å². The maximum absolute atomic E-state index is 13.4. The van der Waals surface area contributed by atoms with Gasteiger partial charge in [0.25, 0.3) is 5.91 Å². The Balaban J connectivity index is 1.40. The molecule has 0 spiro atoms. The van der Waals surface area contributed by atoms with Gasteiger partial charge in [0.1, 0.15) is 5.69 Å². The number of nitrogens with zero attached hydrogens (tertiary/aromatic N) is 1. The van der Waals surface area contributed by atoms with E-state index in [0.717, 1.165) is 9.86 Å². The topological polar surface area (TPSA) is 92.8 Å². The molecule has 1 aromatic heterocycles. The zero-order chi connectivity index (χ0) is 29.8. The van der Waals surface area contributed by atoms with Crippen LogP contribution in [0.3, 0.4) is 0 Å². The molecule has 0 aliphatic heterocycles. The minimum absolute atomic E-state index is 0.216. The van der Waals surface area contributed by atoms with Crippen molar-refractivity contribution in [3.63, 3.8) is 0 Å². The molecular weight excluding hydrogens is 665 g/mol. The van der Waals surface area contributed by atoms with Crippen LogP contribution in [0.5, 0.6) is 11.5 Å². The Hall–Kier alpha value is -3.82. The molecule has 1 heterocycles. The normalized spacial score (nSPS) is 11.2. The van der Waals surface area contributed by atoms with Gasteiger partial charge in [-0.15, -0.1) is 0 Å². The molecule has 212 valence electrons. The standard InChI is InChI=1S/C31H21BrCl3N3O4/c1-2-41-26-13-17(11-12-25(26)42-31(40)20-8-4-6-10-23(20)34)16-36-38-30(39)29-27(19-7-3-5-9-22(19)33)21-14-18(32)15-24(35)28(21)37-29/h3-16,37H,2H2,1H3,(H,38,39). The van der Waals surface area contributed by atoms with Crippen molar-refractivity contribution in [3.05, 3.63) is 115 Å². The van der Waals surface area contributed by atoms with Gasteiger partial charge in [0.05, 0.1) is 33.9 Å². The van der Waals surface area contributed by atoms with E-state index in [2.05, 4.69) is 31.4 Å². The first kappa shape index (κ1) is 29.7. The van der Waals surface area contributed by atoms with Crippen LogP contribution in [0, 0.1) is 0 Å². The van der Waals surface area contributed by atoms with E-state index < -0.39 is 11.9 Å². The van der Waals surface area contributed by atoms with Crippen molar-refractivity contribution in [1.29, 1.82) is 0 Å². The van der Waals surface area contributed by atoms with Crippen molar-refractivity contribution in [2.75, 3.05) is 6.61 Å². The van der Waals surface area contributed by atoms with Gasteiger partial charge in [0, 0.05) is 26.0 Å². The first-order valence-electron chi connectivity index (χ1n) is 12.6. The lowest BCUT2D eigenvalue weighted by Crippen LogP contribution is -2.19. The van der Waals surface area contributed by atoms with E-state index in [9.17, 15) is 9.59 Å². The van der Waals surface area contributed by atoms with E-state index in [0.29, 0.717) is 44.6 Å². The van der Waals surface area contributed by atoms with Gasteiger partial charge in [-0.05, 0) is 61.0 Å². The predicted octanol–water partition coefficient (Wildman–Crippen LogP) is 8.94. The highest BCUT2D eigenvalue weighted by Gasteiger charge is 2.22. The number of ether oxygens (including phenoxy) is 2. The molecule has 42 heavy (non-hydrogen) atoms. The number of esters is 1. The summed E-state index contributed by atoms with van der Waals surface area (Å²) in [7, 11) is 0. The number of hydrogen-bond acceptors (Lipinski definition) is 5. The Labute approximate surface area is 264 Å². The largest absolute Gasteiger partial charge is 0.490 e. The molecule has 0 aliphatic rings. The molecule has 7 nitrogen and oxygen atoms in total. The summed E-state index contributed by atoms with van der Waals surface area (Å²) in [6, 6.07) is 22.3. The zero-order valence-electron chi connectivity index (χ0n) is 21.9. The molecule has 0 radical (unpaired) electrons. The Morgan fingerprint density at radius 2 is 1.67 bits per heavy atom. The summed E-state index contributed by atoms with van der Waals surface area (Å²) in [6.45, 7) is 2.14. The second kappa shape index (κ2) is 13.0. The summed E-state index contributed by atoms with van der Waals surface area (Å²) in [5, 5.41) is 6.05. The number of aromatic amines is 1. The SMILES string of the molecule is CCOc1cc(C=NNC(=O)c2[nH]c3c(Cl)cc(Br)cc3c2-c2ccccc2Cl)ccc1OC(=O)c1ccccc1Cl. The Bertz CT molecular complexity index is 1860. The molecule has 0 atom stereocenters. The fraction of sp³-hybridized carbons (Fsp3) is 0.0645. The number of H-pyrrole nitrogens is 1. The zero-order valence-corrected chi connectivity index (χ0v) is 25.7. The lowest BCUT2D eigenvalue weighted by atomic mass is 10.0.